The number of carboxylic acids is 1. The molecule has 0 aromatic heterocycles. The lowest BCUT2D eigenvalue weighted by Gasteiger charge is -2.18. The third-order valence-electron chi connectivity index (χ3n) is 3.86. The van der Waals surface area contributed by atoms with Gasteiger partial charge < -0.3 is 5.11 Å². The van der Waals surface area contributed by atoms with Crippen LogP contribution in [0.25, 0.3) is 6.08 Å². The number of carboxylic acid groups (broad SMARTS) is 1. The number of thioether (sulfide) groups is 1. The summed E-state index contributed by atoms with van der Waals surface area (Å²) in [6.07, 6.45) is 2.54. The molecular formula is C19H15NO3S2. The largest absolute Gasteiger partial charge is 0.478 e. The number of amides is 1. The van der Waals surface area contributed by atoms with E-state index in [1.54, 1.807) is 23.1 Å². The van der Waals surface area contributed by atoms with Gasteiger partial charge in [-0.25, -0.2) is 4.79 Å². The molecule has 1 heterocycles. The van der Waals surface area contributed by atoms with E-state index >= 15 is 0 Å². The van der Waals surface area contributed by atoms with Gasteiger partial charge >= 0.3 is 5.97 Å². The smallest absolute Gasteiger partial charge is 0.335 e. The molecule has 0 spiro atoms. The Morgan fingerprint density at radius 3 is 2.52 bits per heavy atom. The van der Waals surface area contributed by atoms with Gasteiger partial charge in [0.25, 0.3) is 5.91 Å². The molecule has 3 rings (SSSR count). The molecule has 25 heavy (non-hydrogen) atoms. The molecular weight excluding hydrogens is 354 g/mol. The quantitative estimate of drug-likeness (QED) is 0.641. The second-order valence-corrected chi connectivity index (χ2v) is 7.10. The molecule has 1 amide bonds. The minimum absolute atomic E-state index is 0.154. The second-order valence-electron chi connectivity index (χ2n) is 5.43. The first kappa shape index (κ1) is 17.4. The van der Waals surface area contributed by atoms with Gasteiger partial charge in [0.15, 0.2) is 4.32 Å². The minimum atomic E-state index is -0.978. The van der Waals surface area contributed by atoms with Gasteiger partial charge in [0, 0.05) is 0 Å². The van der Waals surface area contributed by atoms with Gasteiger partial charge in [-0.2, -0.15) is 0 Å². The first-order chi connectivity index (χ1) is 12.0. The zero-order valence-electron chi connectivity index (χ0n) is 13.4. The van der Waals surface area contributed by atoms with E-state index in [4.69, 9.17) is 17.3 Å². The molecule has 2 aromatic rings. The maximum atomic E-state index is 12.8. The van der Waals surface area contributed by atoms with E-state index in [9.17, 15) is 9.59 Å². The van der Waals surface area contributed by atoms with Crippen LogP contribution >= 0.6 is 24.0 Å². The SMILES string of the molecule is CCc1ccccc1N1C(=O)C(=Cc2ccc(C(=O)O)cc2)SC1=S. The molecule has 0 radical (unpaired) electrons. The molecule has 0 aliphatic carbocycles. The highest BCUT2D eigenvalue weighted by atomic mass is 32.2. The summed E-state index contributed by atoms with van der Waals surface area (Å²) < 4.78 is 0.499. The first-order valence-corrected chi connectivity index (χ1v) is 8.93. The van der Waals surface area contributed by atoms with Crippen molar-refractivity contribution in [1.29, 1.82) is 0 Å². The number of nitrogens with zero attached hydrogens (tertiary/aromatic N) is 1. The van der Waals surface area contributed by atoms with Gasteiger partial charge in [-0.05, 0) is 41.8 Å². The predicted molar refractivity (Wildman–Crippen MR) is 105 cm³/mol. The zero-order chi connectivity index (χ0) is 18.0. The van der Waals surface area contributed by atoms with E-state index < -0.39 is 5.97 Å². The highest BCUT2D eigenvalue weighted by Crippen LogP contribution is 2.37. The Balaban J connectivity index is 1.92. The number of anilines is 1. The topological polar surface area (TPSA) is 57.6 Å². The third kappa shape index (κ3) is 3.50. The number of para-hydroxylation sites is 1. The van der Waals surface area contributed by atoms with Crippen molar-refractivity contribution < 1.29 is 14.7 Å². The Labute approximate surface area is 155 Å². The van der Waals surface area contributed by atoms with Crippen molar-refractivity contribution >= 4 is 51.9 Å². The van der Waals surface area contributed by atoms with Crippen molar-refractivity contribution in [3.8, 4) is 0 Å². The number of rotatable bonds is 4. The Bertz CT molecular complexity index is 888. The number of benzene rings is 2. The second kappa shape index (κ2) is 7.21. The summed E-state index contributed by atoms with van der Waals surface area (Å²) >= 11 is 6.66. The molecule has 6 heteroatoms. The highest BCUT2D eigenvalue weighted by molar-refractivity contribution is 8.27. The number of aryl methyl sites for hydroxylation is 1. The maximum Gasteiger partial charge on any atom is 0.335 e. The van der Waals surface area contributed by atoms with Crippen molar-refractivity contribution in [3.05, 3.63) is 70.1 Å². The fraction of sp³-hybridized carbons (Fsp3) is 0.105. The van der Waals surface area contributed by atoms with Crippen molar-refractivity contribution in [2.45, 2.75) is 13.3 Å². The van der Waals surface area contributed by atoms with Crippen LogP contribution in [-0.2, 0) is 11.2 Å². The number of aromatic carboxylic acids is 1. The predicted octanol–water partition coefficient (Wildman–Crippen LogP) is 4.35. The van der Waals surface area contributed by atoms with Crippen LogP contribution < -0.4 is 4.90 Å². The van der Waals surface area contributed by atoms with E-state index in [1.165, 1.54) is 23.9 Å². The molecule has 0 bridgehead atoms. The summed E-state index contributed by atoms with van der Waals surface area (Å²) in [4.78, 5) is 25.8. The van der Waals surface area contributed by atoms with Gasteiger partial charge in [-0.15, -0.1) is 0 Å². The molecule has 1 aliphatic heterocycles. The van der Waals surface area contributed by atoms with E-state index in [0.29, 0.717) is 9.23 Å². The number of carbonyl (C=O) groups excluding carboxylic acids is 1. The highest BCUT2D eigenvalue weighted by Gasteiger charge is 2.34. The molecule has 1 N–H and O–H groups in total. The Kier molecular flexibility index (Phi) is 5.01. The summed E-state index contributed by atoms with van der Waals surface area (Å²) in [6, 6.07) is 14.1. The lowest BCUT2D eigenvalue weighted by molar-refractivity contribution is -0.113. The van der Waals surface area contributed by atoms with Crippen molar-refractivity contribution in [2.24, 2.45) is 0 Å². The average Bonchev–Trinajstić information content (AvgIpc) is 2.89. The first-order valence-electron chi connectivity index (χ1n) is 7.70. The van der Waals surface area contributed by atoms with Gasteiger partial charge in [0.05, 0.1) is 16.2 Å². The van der Waals surface area contributed by atoms with Gasteiger partial charge in [0.1, 0.15) is 0 Å². The summed E-state index contributed by atoms with van der Waals surface area (Å²) in [5.41, 5.74) is 2.85. The van der Waals surface area contributed by atoms with Crippen LogP contribution in [0.2, 0.25) is 0 Å². The summed E-state index contributed by atoms with van der Waals surface area (Å²) in [6.45, 7) is 2.04. The number of hydrogen-bond acceptors (Lipinski definition) is 4. The van der Waals surface area contributed by atoms with Crippen LogP contribution in [-0.4, -0.2) is 21.3 Å². The molecule has 1 saturated heterocycles. The standard InChI is InChI=1S/C19H15NO3S2/c1-2-13-5-3-4-6-15(13)20-17(21)16(25-19(20)24)11-12-7-9-14(10-8-12)18(22)23/h3-11H,2H2,1H3,(H,22,23). The Hall–Kier alpha value is -2.44. The third-order valence-corrected chi connectivity index (χ3v) is 5.16. The maximum absolute atomic E-state index is 12.8. The fourth-order valence-electron chi connectivity index (χ4n) is 2.58. The van der Waals surface area contributed by atoms with E-state index in [2.05, 4.69) is 0 Å². The number of carbonyl (C=O) groups is 2. The average molecular weight is 369 g/mol. The van der Waals surface area contributed by atoms with Crippen LogP contribution in [0.1, 0.15) is 28.4 Å². The van der Waals surface area contributed by atoms with Crippen LogP contribution in [0.5, 0.6) is 0 Å². The number of thiocarbonyl (C=S) groups is 1. The number of hydrogen-bond donors (Lipinski definition) is 1. The zero-order valence-corrected chi connectivity index (χ0v) is 15.1. The molecule has 0 atom stereocenters. The van der Waals surface area contributed by atoms with Crippen LogP contribution in [0.3, 0.4) is 0 Å². The fourth-order valence-corrected chi connectivity index (χ4v) is 3.86. The molecule has 1 fully saturated rings. The molecule has 1 aliphatic rings. The lowest BCUT2D eigenvalue weighted by Crippen LogP contribution is -2.28. The lowest BCUT2D eigenvalue weighted by atomic mass is 10.1. The minimum Gasteiger partial charge on any atom is -0.478 e. The van der Waals surface area contributed by atoms with Crippen LogP contribution in [0, 0.1) is 0 Å². The van der Waals surface area contributed by atoms with Crippen molar-refractivity contribution in [3.63, 3.8) is 0 Å². The van der Waals surface area contributed by atoms with Crippen LogP contribution in [0.15, 0.2) is 53.4 Å². The van der Waals surface area contributed by atoms with E-state index in [-0.39, 0.29) is 11.5 Å². The van der Waals surface area contributed by atoms with E-state index in [0.717, 1.165) is 23.2 Å². The summed E-state index contributed by atoms with van der Waals surface area (Å²) in [5, 5.41) is 8.95. The molecule has 0 saturated carbocycles. The van der Waals surface area contributed by atoms with Crippen LogP contribution in [0.4, 0.5) is 5.69 Å². The molecule has 2 aromatic carbocycles. The monoisotopic (exact) mass is 369 g/mol. The molecule has 4 nitrogen and oxygen atoms in total. The van der Waals surface area contributed by atoms with Crippen molar-refractivity contribution in [1.82, 2.24) is 0 Å². The Morgan fingerprint density at radius 1 is 1.20 bits per heavy atom. The molecule has 126 valence electrons. The van der Waals surface area contributed by atoms with Crippen molar-refractivity contribution in [2.75, 3.05) is 4.90 Å². The normalized spacial score (nSPS) is 15.9. The van der Waals surface area contributed by atoms with Gasteiger partial charge in [-0.1, -0.05) is 61.2 Å². The molecule has 0 unspecified atom stereocenters. The summed E-state index contributed by atoms with van der Waals surface area (Å²) in [7, 11) is 0. The van der Waals surface area contributed by atoms with Gasteiger partial charge in [-0.3, -0.25) is 9.69 Å². The van der Waals surface area contributed by atoms with Gasteiger partial charge in [0.2, 0.25) is 0 Å². The summed E-state index contributed by atoms with van der Waals surface area (Å²) in [5.74, 6) is -1.13. The Morgan fingerprint density at radius 2 is 1.88 bits per heavy atom. The van der Waals surface area contributed by atoms with E-state index in [1.807, 2.05) is 31.2 Å².